The van der Waals surface area contributed by atoms with E-state index in [9.17, 15) is 0 Å². The highest BCUT2D eigenvalue weighted by Gasteiger charge is 2.34. The third-order valence-electron chi connectivity index (χ3n) is 5.27. The van der Waals surface area contributed by atoms with Crippen LogP contribution >= 0.6 is 0 Å². The SMILES string of the molecule is COc1ccc(-n2ccnc2CN2CCN(C3CC3)CC2C)cc1. The summed E-state index contributed by atoms with van der Waals surface area (Å²) in [5.41, 5.74) is 1.13. The smallest absolute Gasteiger partial charge is 0.127 e. The third-order valence-corrected chi connectivity index (χ3v) is 5.27. The molecule has 0 N–H and O–H groups in total. The van der Waals surface area contributed by atoms with E-state index in [4.69, 9.17) is 4.74 Å². The van der Waals surface area contributed by atoms with Crippen molar-refractivity contribution in [2.75, 3.05) is 26.7 Å². The molecule has 0 spiro atoms. The van der Waals surface area contributed by atoms with Crippen LogP contribution in [0.5, 0.6) is 5.75 Å². The molecular formula is C19H26N4O. The average Bonchev–Trinajstić information content (AvgIpc) is 3.36. The van der Waals surface area contributed by atoms with Gasteiger partial charge in [0.15, 0.2) is 0 Å². The van der Waals surface area contributed by atoms with Crippen LogP contribution in [0.2, 0.25) is 0 Å². The number of imidazole rings is 1. The van der Waals surface area contributed by atoms with Gasteiger partial charge in [-0.25, -0.2) is 4.98 Å². The molecule has 2 aromatic rings. The summed E-state index contributed by atoms with van der Waals surface area (Å²) >= 11 is 0. The van der Waals surface area contributed by atoms with Gasteiger partial charge < -0.3 is 9.30 Å². The van der Waals surface area contributed by atoms with Crippen LogP contribution in [0.25, 0.3) is 5.69 Å². The molecule has 1 aromatic heterocycles. The summed E-state index contributed by atoms with van der Waals surface area (Å²) < 4.78 is 7.43. The zero-order valence-corrected chi connectivity index (χ0v) is 14.6. The highest BCUT2D eigenvalue weighted by atomic mass is 16.5. The number of hydrogen-bond acceptors (Lipinski definition) is 4. The lowest BCUT2D eigenvalue weighted by Crippen LogP contribution is -2.52. The van der Waals surface area contributed by atoms with Crippen molar-refractivity contribution in [3.63, 3.8) is 0 Å². The van der Waals surface area contributed by atoms with Crippen molar-refractivity contribution in [2.45, 2.75) is 38.4 Å². The van der Waals surface area contributed by atoms with Gasteiger partial charge in [-0.2, -0.15) is 0 Å². The van der Waals surface area contributed by atoms with Gasteiger partial charge >= 0.3 is 0 Å². The lowest BCUT2D eigenvalue weighted by molar-refractivity contribution is 0.0707. The van der Waals surface area contributed by atoms with Crippen LogP contribution in [-0.4, -0.2) is 58.2 Å². The van der Waals surface area contributed by atoms with Crippen molar-refractivity contribution in [2.24, 2.45) is 0 Å². The fraction of sp³-hybridized carbons (Fsp3) is 0.526. The van der Waals surface area contributed by atoms with E-state index in [1.807, 2.05) is 24.5 Å². The molecule has 1 unspecified atom stereocenters. The van der Waals surface area contributed by atoms with E-state index < -0.39 is 0 Å². The van der Waals surface area contributed by atoms with Crippen molar-refractivity contribution in [3.8, 4) is 11.4 Å². The first-order chi connectivity index (χ1) is 11.7. The summed E-state index contributed by atoms with van der Waals surface area (Å²) in [5.74, 6) is 1.98. The summed E-state index contributed by atoms with van der Waals surface area (Å²) in [6, 6.07) is 9.61. The van der Waals surface area contributed by atoms with Crippen LogP contribution in [-0.2, 0) is 6.54 Å². The van der Waals surface area contributed by atoms with E-state index in [0.29, 0.717) is 6.04 Å². The Bertz CT molecular complexity index is 677. The first kappa shape index (κ1) is 15.7. The maximum absolute atomic E-state index is 5.25. The maximum atomic E-state index is 5.25. The largest absolute Gasteiger partial charge is 0.497 e. The molecule has 1 aliphatic carbocycles. The highest BCUT2D eigenvalue weighted by Crippen LogP contribution is 2.29. The Morgan fingerprint density at radius 1 is 1.17 bits per heavy atom. The molecule has 1 aromatic carbocycles. The number of hydrogen-bond donors (Lipinski definition) is 0. The Morgan fingerprint density at radius 2 is 1.96 bits per heavy atom. The minimum Gasteiger partial charge on any atom is -0.497 e. The fourth-order valence-corrected chi connectivity index (χ4v) is 3.64. The monoisotopic (exact) mass is 326 g/mol. The summed E-state index contributed by atoms with van der Waals surface area (Å²) in [6.07, 6.45) is 6.73. The number of piperazine rings is 1. The van der Waals surface area contributed by atoms with E-state index in [2.05, 4.69) is 38.4 Å². The minimum absolute atomic E-state index is 0.584. The van der Waals surface area contributed by atoms with E-state index in [-0.39, 0.29) is 0 Å². The first-order valence-electron chi connectivity index (χ1n) is 8.89. The molecule has 1 aliphatic heterocycles. The van der Waals surface area contributed by atoms with Crippen LogP contribution in [0.1, 0.15) is 25.6 Å². The van der Waals surface area contributed by atoms with Crippen molar-refractivity contribution in [1.82, 2.24) is 19.4 Å². The van der Waals surface area contributed by atoms with Gasteiger partial charge in [0.2, 0.25) is 0 Å². The quantitative estimate of drug-likeness (QED) is 0.845. The van der Waals surface area contributed by atoms with E-state index >= 15 is 0 Å². The zero-order valence-electron chi connectivity index (χ0n) is 14.6. The number of aromatic nitrogens is 2. The summed E-state index contributed by atoms with van der Waals surface area (Å²) in [7, 11) is 1.69. The van der Waals surface area contributed by atoms with Gasteiger partial charge in [-0.3, -0.25) is 9.80 Å². The second kappa shape index (κ2) is 6.57. The maximum Gasteiger partial charge on any atom is 0.127 e. The molecule has 5 nitrogen and oxygen atoms in total. The summed E-state index contributed by atoms with van der Waals surface area (Å²) in [4.78, 5) is 9.83. The van der Waals surface area contributed by atoms with E-state index in [1.54, 1.807) is 7.11 Å². The Balaban J connectivity index is 1.46. The highest BCUT2D eigenvalue weighted by molar-refractivity contribution is 5.38. The molecule has 1 atom stereocenters. The number of benzene rings is 1. The first-order valence-corrected chi connectivity index (χ1v) is 8.89. The lowest BCUT2D eigenvalue weighted by Gasteiger charge is -2.39. The summed E-state index contributed by atoms with van der Waals surface area (Å²) in [5, 5.41) is 0. The fourth-order valence-electron chi connectivity index (χ4n) is 3.64. The van der Waals surface area contributed by atoms with E-state index in [1.165, 1.54) is 25.9 Å². The third kappa shape index (κ3) is 3.19. The molecule has 0 bridgehead atoms. The molecule has 2 aliphatic rings. The molecule has 128 valence electrons. The lowest BCUT2D eigenvalue weighted by atomic mass is 10.2. The molecule has 2 fully saturated rings. The van der Waals surface area contributed by atoms with Crippen molar-refractivity contribution in [3.05, 3.63) is 42.5 Å². The van der Waals surface area contributed by atoms with Crippen LogP contribution in [0, 0.1) is 0 Å². The summed E-state index contributed by atoms with van der Waals surface area (Å²) in [6.45, 7) is 6.76. The molecule has 2 heterocycles. The van der Waals surface area contributed by atoms with Crippen LogP contribution in [0.15, 0.2) is 36.7 Å². The molecule has 0 amide bonds. The molecular weight excluding hydrogens is 300 g/mol. The Morgan fingerprint density at radius 3 is 2.62 bits per heavy atom. The zero-order chi connectivity index (χ0) is 16.5. The van der Waals surface area contributed by atoms with Crippen molar-refractivity contribution >= 4 is 0 Å². The number of ether oxygens (including phenoxy) is 1. The Kier molecular flexibility index (Phi) is 4.29. The van der Waals surface area contributed by atoms with Gasteiger partial charge in [-0.15, -0.1) is 0 Å². The predicted molar refractivity (Wildman–Crippen MR) is 94.6 cm³/mol. The second-order valence-electron chi connectivity index (χ2n) is 6.96. The Labute approximate surface area is 143 Å². The molecule has 4 rings (SSSR count). The second-order valence-corrected chi connectivity index (χ2v) is 6.96. The number of nitrogens with zero attached hydrogens (tertiary/aromatic N) is 4. The van der Waals surface area contributed by atoms with Crippen molar-refractivity contribution < 1.29 is 4.74 Å². The van der Waals surface area contributed by atoms with Gasteiger partial charge in [0.05, 0.1) is 13.7 Å². The number of methoxy groups -OCH3 is 1. The van der Waals surface area contributed by atoms with Crippen LogP contribution < -0.4 is 4.74 Å². The molecule has 5 heteroatoms. The van der Waals surface area contributed by atoms with Gasteiger partial charge in [-0.05, 0) is 44.0 Å². The number of rotatable bonds is 5. The van der Waals surface area contributed by atoms with Gasteiger partial charge in [0, 0.05) is 49.8 Å². The molecule has 1 saturated carbocycles. The standard InChI is InChI=1S/C19H26N4O/c1-15-13-22(16-3-4-16)12-11-21(15)14-19-20-9-10-23(19)17-5-7-18(24-2)8-6-17/h5-10,15-16H,3-4,11-14H2,1-2H3. The molecule has 24 heavy (non-hydrogen) atoms. The predicted octanol–water partition coefficient (Wildman–Crippen LogP) is 2.55. The molecule has 0 radical (unpaired) electrons. The van der Waals surface area contributed by atoms with Crippen LogP contribution in [0.3, 0.4) is 0 Å². The van der Waals surface area contributed by atoms with Gasteiger partial charge in [0.1, 0.15) is 11.6 Å². The van der Waals surface area contributed by atoms with Gasteiger partial charge in [0.25, 0.3) is 0 Å². The minimum atomic E-state index is 0.584. The topological polar surface area (TPSA) is 33.5 Å². The van der Waals surface area contributed by atoms with Gasteiger partial charge in [-0.1, -0.05) is 0 Å². The molecule has 1 saturated heterocycles. The average molecular weight is 326 g/mol. The van der Waals surface area contributed by atoms with Crippen molar-refractivity contribution in [1.29, 1.82) is 0 Å². The normalized spacial score (nSPS) is 22.7. The Hall–Kier alpha value is -1.85. The van der Waals surface area contributed by atoms with Crippen LogP contribution in [0.4, 0.5) is 0 Å². The van der Waals surface area contributed by atoms with E-state index in [0.717, 1.165) is 36.4 Å².